The van der Waals surface area contributed by atoms with Crippen LogP contribution in [0.1, 0.15) is 52.9 Å². The summed E-state index contributed by atoms with van der Waals surface area (Å²) in [6, 6.07) is -3.28. The van der Waals surface area contributed by atoms with Gasteiger partial charge in [-0.1, -0.05) is 0 Å². The van der Waals surface area contributed by atoms with Crippen molar-refractivity contribution in [2.75, 3.05) is 27.2 Å². The average Bonchev–Trinajstić information content (AvgIpc) is 3.41. The van der Waals surface area contributed by atoms with Crippen molar-refractivity contribution >= 4 is 30.0 Å². The Morgan fingerprint density at radius 2 is 1.74 bits per heavy atom. The highest BCUT2D eigenvalue weighted by Crippen LogP contribution is 2.21. The van der Waals surface area contributed by atoms with Crippen LogP contribution >= 0.6 is 0 Å². The molecule has 0 aromatic carbocycles. The first kappa shape index (κ1) is 27.7. The molecule has 0 saturated carbocycles. The number of likely N-dealkylation sites (N-methyl/N-ethyl adjacent to an activating group) is 2. The second-order valence-electron chi connectivity index (χ2n) is 9.34. The first-order valence-corrected chi connectivity index (χ1v) is 11.9. The molecule has 2 heterocycles. The quantitative estimate of drug-likeness (QED) is 0.308. The van der Waals surface area contributed by atoms with Crippen molar-refractivity contribution in [1.29, 1.82) is 0 Å². The molecule has 6 atom stereocenters. The van der Waals surface area contributed by atoms with E-state index in [0.717, 1.165) is 13.0 Å². The minimum Gasteiger partial charge on any atom is -0.461 e. The highest BCUT2D eigenvalue weighted by Gasteiger charge is 2.40. The lowest BCUT2D eigenvalue weighted by Crippen LogP contribution is -2.59. The van der Waals surface area contributed by atoms with E-state index in [1.54, 1.807) is 6.92 Å². The number of aliphatic hydroxyl groups is 1. The van der Waals surface area contributed by atoms with Crippen molar-refractivity contribution in [3.05, 3.63) is 0 Å². The molecule has 2 aliphatic heterocycles. The Kier molecular flexibility index (Phi) is 9.99. The van der Waals surface area contributed by atoms with Gasteiger partial charge >= 0.3 is 5.97 Å². The number of nitrogens with one attached hydrogen (secondary N) is 1. The standard InChI is InChI=1S/C23H38N4O7/c1-14(10-13-28)34-23(33)18-9-7-12-27(18)21(31)15(2)24-20(30)19(16(3)29)26(5)22(32)17-8-6-11-25(17)4/h13-19,29H,6-12H2,1-5H3,(H,24,30). The van der Waals surface area contributed by atoms with Gasteiger partial charge in [-0.05, 0) is 60.0 Å². The zero-order valence-corrected chi connectivity index (χ0v) is 20.7. The van der Waals surface area contributed by atoms with Gasteiger partial charge in [0.1, 0.15) is 30.5 Å². The summed E-state index contributed by atoms with van der Waals surface area (Å²) in [7, 11) is 3.32. The number of hydrogen-bond donors (Lipinski definition) is 2. The molecule has 34 heavy (non-hydrogen) atoms. The van der Waals surface area contributed by atoms with Crippen LogP contribution in [0.4, 0.5) is 0 Å². The van der Waals surface area contributed by atoms with Crippen LogP contribution in [-0.2, 0) is 28.7 Å². The van der Waals surface area contributed by atoms with E-state index in [1.165, 1.54) is 30.7 Å². The third-order valence-electron chi connectivity index (χ3n) is 6.58. The van der Waals surface area contributed by atoms with Crippen molar-refractivity contribution in [3.63, 3.8) is 0 Å². The van der Waals surface area contributed by atoms with Crippen LogP contribution < -0.4 is 5.32 Å². The fourth-order valence-corrected chi connectivity index (χ4v) is 4.66. The minimum absolute atomic E-state index is 0.0719. The smallest absolute Gasteiger partial charge is 0.329 e. The Bertz CT molecular complexity index is 774. The Morgan fingerprint density at radius 3 is 2.29 bits per heavy atom. The van der Waals surface area contributed by atoms with Gasteiger partial charge < -0.3 is 29.8 Å². The van der Waals surface area contributed by atoms with Crippen LogP contribution in [0.15, 0.2) is 0 Å². The van der Waals surface area contributed by atoms with Crippen molar-refractivity contribution in [2.45, 2.75) is 89.3 Å². The number of nitrogens with zero attached hydrogens (tertiary/aromatic N) is 3. The number of amides is 3. The number of likely N-dealkylation sites (tertiary alicyclic amines) is 2. The number of aliphatic hydroxyl groups excluding tert-OH is 1. The zero-order valence-electron chi connectivity index (χ0n) is 20.7. The number of carbonyl (C=O) groups is 5. The minimum atomic E-state index is -1.17. The van der Waals surface area contributed by atoms with Crippen molar-refractivity contribution in [2.24, 2.45) is 0 Å². The van der Waals surface area contributed by atoms with Crippen LogP contribution in [0.5, 0.6) is 0 Å². The molecule has 0 radical (unpaired) electrons. The molecular weight excluding hydrogens is 444 g/mol. The summed E-state index contributed by atoms with van der Waals surface area (Å²) >= 11 is 0. The van der Waals surface area contributed by atoms with Crippen LogP contribution in [0, 0.1) is 0 Å². The number of esters is 1. The highest BCUT2D eigenvalue weighted by molar-refractivity contribution is 5.94. The molecule has 0 aromatic heterocycles. The summed E-state index contributed by atoms with van der Waals surface area (Å²) in [6.07, 6.45) is 1.60. The van der Waals surface area contributed by atoms with Gasteiger partial charge in [0.25, 0.3) is 0 Å². The third-order valence-corrected chi connectivity index (χ3v) is 6.58. The molecule has 2 rings (SSSR count). The summed E-state index contributed by atoms with van der Waals surface area (Å²) in [4.78, 5) is 66.7. The summed E-state index contributed by atoms with van der Waals surface area (Å²) in [5.74, 6) is -1.94. The number of ether oxygens (including phenoxy) is 1. The SMILES string of the molecule is CC(CC=O)OC(=O)C1CCCN1C(=O)C(C)NC(=O)C(C(C)O)N(C)C(=O)C1CCCN1C. The molecule has 3 amide bonds. The lowest BCUT2D eigenvalue weighted by molar-refractivity contribution is -0.158. The van der Waals surface area contributed by atoms with Gasteiger partial charge in [0.2, 0.25) is 17.7 Å². The van der Waals surface area contributed by atoms with E-state index in [9.17, 15) is 29.1 Å². The van der Waals surface area contributed by atoms with Gasteiger partial charge in [0.15, 0.2) is 0 Å². The van der Waals surface area contributed by atoms with E-state index < -0.39 is 48.1 Å². The third kappa shape index (κ3) is 6.53. The maximum absolute atomic E-state index is 13.1. The Morgan fingerprint density at radius 1 is 1.12 bits per heavy atom. The largest absolute Gasteiger partial charge is 0.461 e. The van der Waals surface area contributed by atoms with E-state index in [-0.39, 0.29) is 18.4 Å². The number of hydrogen-bond acceptors (Lipinski definition) is 8. The molecule has 0 aromatic rings. The van der Waals surface area contributed by atoms with Crippen LogP contribution in [0.2, 0.25) is 0 Å². The maximum Gasteiger partial charge on any atom is 0.329 e. The molecule has 6 unspecified atom stereocenters. The Hall–Kier alpha value is -2.53. The molecular formula is C23H38N4O7. The fourth-order valence-electron chi connectivity index (χ4n) is 4.66. The van der Waals surface area contributed by atoms with Crippen molar-refractivity contribution in [1.82, 2.24) is 20.0 Å². The molecule has 0 spiro atoms. The van der Waals surface area contributed by atoms with E-state index >= 15 is 0 Å². The topological polar surface area (TPSA) is 137 Å². The molecule has 0 bridgehead atoms. The average molecular weight is 483 g/mol. The van der Waals surface area contributed by atoms with E-state index in [2.05, 4.69) is 5.32 Å². The molecule has 192 valence electrons. The number of rotatable bonds is 10. The first-order valence-electron chi connectivity index (χ1n) is 11.9. The molecule has 2 N–H and O–H groups in total. The molecule has 0 aliphatic carbocycles. The van der Waals surface area contributed by atoms with Crippen LogP contribution in [0.3, 0.4) is 0 Å². The summed E-state index contributed by atoms with van der Waals surface area (Å²) in [6.45, 7) is 5.66. The maximum atomic E-state index is 13.1. The van der Waals surface area contributed by atoms with Gasteiger partial charge in [0, 0.05) is 20.0 Å². The normalized spacial score (nSPS) is 24.1. The zero-order chi connectivity index (χ0) is 25.6. The van der Waals surface area contributed by atoms with E-state index in [0.29, 0.717) is 32.1 Å². The first-order chi connectivity index (χ1) is 16.0. The predicted octanol–water partition coefficient (Wildman–Crippen LogP) is -0.695. The Labute approximate surface area is 200 Å². The summed E-state index contributed by atoms with van der Waals surface area (Å²) < 4.78 is 5.27. The lowest BCUT2D eigenvalue weighted by atomic mass is 10.1. The fraction of sp³-hybridized carbons (Fsp3) is 0.783. The van der Waals surface area contributed by atoms with Gasteiger partial charge in [0.05, 0.1) is 12.1 Å². The van der Waals surface area contributed by atoms with Gasteiger partial charge in [-0.2, -0.15) is 0 Å². The van der Waals surface area contributed by atoms with Crippen LogP contribution in [0.25, 0.3) is 0 Å². The molecule has 2 fully saturated rings. The number of aldehydes is 1. The summed E-state index contributed by atoms with van der Waals surface area (Å²) in [5, 5.41) is 12.9. The van der Waals surface area contributed by atoms with Crippen molar-refractivity contribution < 1.29 is 33.8 Å². The predicted molar refractivity (Wildman–Crippen MR) is 122 cm³/mol. The van der Waals surface area contributed by atoms with E-state index in [4.69, 9.17) is 4.74 Å². The monoisotopic (exact) mass is 482 g/mol. The number of carbonyl (C=O) groups excluding carboxylic acids is 5. The second-order valence-corrected chi connectivity index (χ2v) is 9.34. The van der Waals surface area contributed by atoms with E-state index in [1.807, 2.05) is 11.9 Å². The molecule has 11 nitrogen and oxygen atoms in total. The second kappa shape index (κ2) is 12.3. The molecule has 2 aliphatic rings. The van der Waals surface area contributed by atoms with Gasteiger partial charge in [-0.15, -0.1) is 0 Å². The van der Waals surface area contributed by atoms with Gasteiger partial charge in [-0.3, -0.25) is 19.3 Å². The summed E-state index contributed by atoms with van der Waals surface area (Å²) in [5.41, 5.74) is 0. The highest BCUT2D eigenvalue weighted by atomic mass is 16.5. The molecule has 2 saturated heterocycles. The Balaban J connectivity index is 2.03. The van der Waals surface area contributed by atoms with Crippen LogP contribution in [-0.4, -0.2) is 113 Å². The van der Waals surface area contributed by atoms with Crippen molar-refractivity contribution in [3.8, 4) is 0 Å². The lowest BCUT2D eigenvalue weighted by Gasteiger charge is -2.34. The molecule has 11 heteroatoms. The van der Waals surface area contributed by atoms with Gasteiger partial charge in [-0.25, -0.2) is 4.79 Å².